The Labute approximate surface area is 133 Å². The molecule has 0 rings (SSSR count). The van der Waals surface area contributed by atoms with Crippen molar-refractivity contribution >= 4 is 18.9 Å². The summed E-state index contributed by atoms with van der Waals surface area (Å²) in [6.45, 7) is 26.1. The van der Waals surface area contributed by atoms with Crippen LogP contribution < -0.4 is 0 Å². The summed E-state index contributed by atoms with van der Waals surface area (Å²) in [6, 6.07) is 0.591. The van der Waals surface area contributed by atoms with Crippen molar-refractivity contribution in [2.45, 2.75) is 109 Å². The summed E-state index contributed by atoms with van der Waals surface area (Å²) >= 11 is -2.66. The van der Waals surface area contributed by atoms with Crippen LogP contribution in [-0.2, 0) is 0 Å². The summed E-state index contributed by atoms with van der Waals surface area (Å²) in [6.07, 6.45) is 0. The SMILES string of the molecule is CC(C)[N](C(C)(C)C)[Sn]([CH3])([CH3])[N](C(C)(C)C)C(C)(C)C. The van der Waals surface area contributed by atoms with Crippen molar-refractivity contribution in [2.75, 3.05) is 0 Å². The second kappa shape index (κ2) is 6.08. The Kier molecular flexibility index (Phi) is 6.30. The van der Waals surface area contributed by atoms with Crippen LogP contribution in [0.4, 0.5) is 0 Å². The van der Waals surface area contributed by atoms with Crippen LogP contribution in [0.5, 0.6) is 0 Å². The fourth-order valence-electron chi connectivity index (χ4n) is 4.98. The van der Waals surface area contributed by atoms with E-state index in [1.165, 1.54) is 0 Å². The van der Waals surface area contributed by atoms with E-state index in [0.717, 1.165) is 0 Å². The molecule has 0 spiro atoms. The molecule has 0 atom stereocenters. The molecule has 20 heavy (non-hydrogen) atoms. The zero-order chi connectivity index (χ0) is 16.7. The number of rotatable bonds is 3. The molecule has 0 aromatic heterocycles. The van der Waals surface area contributed by atoms with Crippen LogP contribution in [-0.4, -0.2) is 47.8 Å². The Hall–Kier alpha value is 0.719. The van der Waals surface area contributed by atoms with Crippen LogP contribution in [0.3, 0.4) is 0 Å². The van der Waals surface area contributed by atoms with Gasteiger partial charge in [0.15, 0.2) is 0 Å². The molecule has 0 aliphatic carbocycles. The van der Waals surface area contributed by atoms with E-state index in [1.807, 2.05) is 0 Å². The van der Waals surface area contributed by atoms with Gasteiger partial charge in [-0.3, -0.25) is 0 Å². The van der Waals surface area contributed by atoms with Gasteiger partial charge >= 0.3 is 134 Å². The van der Waals surface area contributed by atoms with Crippen molar-refractivity contribution < 1.29 is 0 Å². The molecule has 0 heterocycles. The quantitative estimate of drug-likeness (QED) is 0.618. The molecule has 0 radical (unpaired) electrons. The van der Waals surface area contributed by atoms with Crippen LogP contribution >= 0.6 is 0 Å². The molecule has 0 saturated heterocycles. The fraction of sp³-hybridized carbons (Fsp3) is 1.00. The summed E-state index contributed by atoms with van der Waals surface area (Å²) in [7, 11) is 0. The first-order valence-corrected chi connectivity index (χ1v) is 16.3. The monoisotopic (exact) mass is 392 g/mol. The van der Waals surface area contributed by atoms with Gasteiger partial charge < -0.3 is 0 Å². The van der Waals surface area contributed by atoms with Gasteiger partial charge in [0.1, 0.15) is 0 Å². The van der Waals surface area contributed by atoms with E-state index in [9.17, 15) is 0 Å². The van der Waals surface area contributed by atoms with Gasteiger partial charge in [-0.25, -0.2) is 0 Å². The molecule has 0 aliphatic rings. The van der Waals surface area contributed by atoms with Gasteiger partial charge in [0.2, 0.25) is 0 Å². The second-order valence-electron chi connectivity index (χ2n) is 9.81. The van der Waals surface area contributed by atoms with Gasteiger partial charge in [0, 0.05) is 0 Å². The first-order chi connectivity index (χ1) is 8.43. The molecule has 3 heteroatoms. The molecule has 0 amide bonds. The van der Waals surface area contributed by atoms with Crippen LogP contribution in [0.15, 0.2) is 0 Å². The van der Waals surface area contributed by atoms with E-state index in [4.69, 9.17) is 0 Å². The first-order valence-electron chi connectivity index (χ1n) is 8.03. The zero-order valence-electron chi connectivity index (χ0n) is 16.5. The minimum atomic E-state index is -2.66. The van der Waals surface area contributed by atoms with Gasteiger partial charge in [-0.15, -0.1) is 0 Å². The average Bonchev–Trinajstić information content (AvgIpc) is 1.87. The van der Waals surface area contributed by atoms with E-state index in [-0.39, 0.29) is 16.6 Å². The van der Waals surface area contributed by atoms with Crippen molar-refractivity contribution in [3.05, 3.63) is 0 Å². The third-order valence-electron chi connectivity index (χ3n) is 3.72. The van der Waals surface area contributed by atoms with Crippen LogP contribution in [0.1, 0.15) is 76.2 Å². The predicted octanol–water partition coefficient (Wildman–Crippen LogP) is 5.10. The molecule has 0 bridgehead atoms. The maximum atomic E-state index is 2.86. The van der Waals surface area contributed by atoms with Crippen molar-refractivity contribution in [3.63, 3.8) is 0 Å². The zero-order valence-corrected chi connectivity index (χ0v) is 19.3. The van der Waals surface area contributed by atoms with Crippen molar-refractivity contribution in [3.8, 4) is 0 Å². The Morgan fingerprint density at radius 3 is 1.10 bits per heavy atom. The maximum absolute atomic E-state index is 2.86. The van der Waals surface area contributed by atoms with Crippen molar-refractivity contribution in [1.82, 2.24) is 6.24 Å². The van der Waals surface area contributed by atoms with Gasteiger partial charge in [-0.2, -0.15) is 0 Å². The molecule has 2 nitrogen and oxygen atoms in total. The molecule has 0 saturated carbocycles. The van der Waals surface area contributed by atoms with Crippen LogP contribution in [0.2, 0.25) is 9.88 Å². The van der Waals surface area contributed by atoms with Crippen LogP contribution in [0.25, 0.3) is 0 Å². The molecule has 122 valence electrons. The molecule has 0 fully saturated rings. The van der Waals surface area contributed by atoms with Crippen molar-refractivity contribution in [2.24, 2.45) is 0 Å². The molecule has 0 N–H and O–H groups in total. The number of hydrogen-bond acceptors (Lipinski definition) is 2. The van der Waals surface area contributed by atoms with E-state index in [2.05, 4.69) is 92.3 Å². The molecule has 0 aromatic carbocycles. The summed E-state index contributed by atoms with van der Waals surface area (Å²) in [5.41, 5.74) is 0.634. The van der Waals surface area contributed by atoms with Gasteiger partial charge in [-0.05, 0) is 0 Å². The predicted molar refractivity (Wildman–Crippen MR) is 95.6 cm³/mol. The molecule has 0 unspecified atom stereocenters. The Bertz CT molecular complexity index is 299. The minimum absolute atomic E-state index is 0.205. The second-order valence-corrected chi connectivity index (χ2v) is 21.0. The van der Waals surface area contributed by atoms with E-state index in [0.29, 0.717) is 6.04 Å². The topological polar surface area (TPSA) is 6.48 Å². The Morgan fingerprint density at radius 1 is 0.650 bits per heavy atom. The standard InChI is InChI=1S/C8H18N.C7H16N.2CH3.Sn/c1-7(2,3)9-8(4,5)6;1-6(2)8-7(3,4)5;;;/h1-6H3;6H,1-5H3;2*1H3;/q2*-1;;;+2. The summed E-state index contributed by atoms with van der Waals surface area (Å²) < 4.78 is 5.71. The molecule has 0 aromatic rings. The number of nitrogens with zero attached hydrogens (tertiary/aromatic N) is 2. The molecule has 0 aliphatic heterocycles. The summed E-state index contributed by atoms with van der Waals surface area (Å²) in [5.74, 6) is 0. The van der Waals surface area contributed by atoms with Gasteiger partial charge in [0.05, 0.1) is 0 Å². The summed E-state index contributed by atoms with van der Waals surface area (Å²) in [5, 5.41) is 0. The van der Waals surface area contributed by atoms with Crippen LogP contribution in [0, 0.1) is 0 Å². The van der Waals surface area contributed by atoms with E-state index >= 15 is 0 Å². The van der Waals surface area contributed by atoms with E-state index < -0.39 is 18.9 Å². The fourth-order valence-corrected chi connectivity index (χ4v) is 23.3. The van der Waals surface area contributed by atoms with Gasteiger partial charge in [0.25, 0.3) is 0 Å². The summed E-state index contributed by atoms with van der Waals surface area (Å²) in [4.78, 5) is 5.16. The third kappa shape index (κ3) is 4.88. The van der Waals surface area contributed by atoms with E-state index in [1.54, 1.807) is 0 Å². The number of hydrogen-bond donors (Lipinski definition) is 0. The molecular weight excluding hydrogens is 351 g/mol. The van der Waals surface area contributed by atoms with Crippen molar-refractivity contribution in [1.29, 1.82) is 0 Å². The normalized spacial score (nSPS) is 15.6. The Morgan fingerprint density at radius 2 is 0.950 bits per heavy atom. The third-order valence-corrected chi connectivity index (χ3v) is 17.4. The average molecular weight is 391 g/mol. The van der Waals surface area contributed by atoms with Gasteiger partial charge in [-0.1, -0.05) is 0 Å². The first kappa shape index (κ1) is 20.7. The molecular formula is C17H40N2Sn. The Balaban J connectivity index is 5.99.